The van der Waals surface area contributed by atoms with E-state index in [-0.39, 0.29) is 18.7 Å². The molecule has 1 aromatic carbocycles. The number of amides is 2. The summed E-state index contributed by atoms with van der Waals surface area (Å²) in [4.78, 5) is 15.3. The van der Waals surface area contributed by atoms with Gasteiger partial charge in [0.25, 0.3) is 0 Å². The van der Waals surface area contributed by atoms with Gasteiger partial charge in [0.2, 0.25) is 0 Å². The molecule has 2 N–H and O–H groups in total. The number of aliphatic hydroxyl groups excluding tert-OH is 1. The maximum absolute atomic E-state index is 13.1. The number of hydrogen-bond acceptors (Lipinski definition) is 2. The Balaban J connectivity index is 1.67. The van der Waals surface area contributed by atoms with E-state index in [4.69, 9.17) is 0 Å². The lowest BCUT2D eigenvalue weighted by molar-refractivity contribution is 0.137. The zero-order chi connectivity index (χ0) is 17.6. The van der Waals surface area contributed by atoms with Crippen molar-refractivity contribution in [3.05, 3.63) is 35.9 Å². The van der Waals surface area contributed by atoms with E-state index < -0.39 is 0 Å². The summed E-state index contributed by atoms with van der Waals surface area (Å²) in [6, 6.07) is 11.0. The number of hydrogen-bond donors (Lipinski definition) is 2. The lowest BCUT2D eigenvalue weighted by atomic mass is 9.86. The average Bonchev–Trinajstić information content (AvgIpc) is 3.46. The van der Waals surface area contributed by atoms with E-state index in [1.807, 2.05) is 18.2 Å². The predicted octanol–water partition coefficient (Wildman–Crippen LogP) is 4.25. The topological polar surface area (TPSA) is 52.6 Å². The zero-order valence-electron chi connectivity index (χ0n) is 15.4. The molecule has 0 aromatic heterocycles. The third-order valence-electron chi connectivity index (χ3n) is 5.70. The van der Waals surface area contributed by atoms with Crippen molar-refractivity contribution in [2.75, 3.05) is 6.61 Å². The molecule has 1 aromatic rings. The third-order valence-corrected chi connectivity index (χ3v) is 5.70. The molecule has 2 fully saturated rings. The van der Waals surface area contributed by atoms with Crippen molar-refractivity contribution in [3.63, 3.8) is 0 Å². The molecule has 1 unspecified atom stereocenters. The SMILES string of the molecule is CC1CCC(N(C(=O)NC(CCCO)c2ccccc2)C2CC2)CC1. The van der Waals surface area contributed by atoms with Gasteiger partial charge in [-0.3, -0.25) is 0 Å². The van der Waals surface area contributed by atoms with Crippen molar-refractivity contribution in [2.45, 2.75) is 76.4 Å². The Bertz CT molecular complexity index is 536. The fourth-order valence-electron chi connectivity index (χ4n) is 4.03. The normalized spacial score (nSPS) is 24.6. The summed E-state index contributed by atoms with van der Waals surface area (Å²) in [5.41, 5.74) is 1.12. The van der Waals surface area contributed by atoms with Gasteiger partial charge in [-0.25, -0.2) is 4.79 Å². The monoisotopic (exact) mass is 344 g/mol. The minimum absolute atomic E-state index is 0.0235. The van der Waals surface area contributed by atoms with Gasteiger partial charge in [0.05, 0.1) is 6.04 Å². The summed E-state index contributed by atoms with van der Waals surface area (Å²) in [5, 5.41) is 12.5. The Hall–Kier alpha value is -1.55. The van der Waals surface area contributed by atoms with Crippen LogP contribution in [0.5, 0.6) is 0 Å². The fraction of sp³-hybridized carbons (Fsp3) is 0.667. The Labute approximate surface area is 151 Å². The van der Waals surface area contributed by atoms with Crippen LogP contribution < -0.4 is 5.32 Å². The van der Waals surface area contributed by atoms with E-state index in [1.54, 1.807) is 0 Å². The first-order valence-corrected chi connectivity index (χ1v) is 9.93. The fourth-order valence-corrected chi connectivity index (χ4v) is 4.03. The summed E-state index contributed by atoms with van der Waals surface area (Å²) in [6.45, 7) is 2.48. The maximum atomic E-state index is 13.1. The summed E-state index contributed by atoms with van der Waals surface area (Å²) in [7, 11) is 0. The molecule has 0 bridgehead atoms. The molecule has 0 spiro atoms. The molecule has 4 heteroatoms. The van der Waals surface area contributed by atoms with Crippen molar-refractivity contribution in [2.24, 2.45) is 5.92 Å². The zero-order valence-corrected chi connectivity index (χ0v) is 15.4. The van der Waals surface area contributed by atoms with E-state index in [0.29, 0.717) is 18.5 Å². The van der Waals surface area contributed by atoms with Crippen molar-refractivity contribution in [1.82, 2.24) is 10.2 Å². The molecule has 2 amide bonds. The first-order valence-electron chi connectivity index (χ1n) is 9.93. The van der Waals surface area contributed by atoms with E-state index in [2.05, 4.69) is 29.3 Å². The number of rotatable bonds is 7. The lowest BCUT2D eigenvalue weighted by Gasteiger charge is -2.37. The van der Waals surface area contributed by atoms with E-state index in [0.717, 1.165) is 43.6 Å². The first kappa shape index (κ1) is 18.2. The summed E-state index contributed by atoms with van der Waals surface area (Å²) in [6.07, 6.45) is 8.49. The van der Waals surface area contributed by atoms with Gasteiger partial charge in [0, 0.05) is 18.7 Å². The van der Waals surface area contributed by atoms with Crippen molar-refractivity contribution in [1.29, 1.82) is 0 Å². The van der Waals surface area contributed by atoms with Crippen LogP contribution in [0.3, 0.4) is 0 Å². The molecular formula is C21H32N2O2. The molecule has 0 heterocycles. The van der Waals surface area contributed by atoms with Crippen LogP contribution in [0.2, 0.25) is 0 Å². The summed E-state index contributed by atoms with van der Waals surface area (Å²) in [5.74, 6) is 0.794. The number of carbonyl (C=O) groups excluding carboxylic acids is 1. The molecule has 1 atom stereocenters. The quantitative estimate of drug-likeness (QED) is 0.777. The number of nitrogens with zero attached hydrogens (tertiary/aromatic N) is 1. The molecule has 2 aliphatic carbocycles. The maximum Gasteiger partial charge on any atom is 0.318 e. The first-order chi connectivity index (χ1) is 12.2. The Morgan fingerprint density at radius 1 is 1.12 bits per heavy atom. The number of carbonyl (C=O) groups is 1. The third kappa shape index (κ3) is 4.97. The number of benzene rings is 1. The standard InChI is InChI=1S/C21H32N2O2/c1-16-9-11-18(12-10-16)23(19-13-14-19)21(25)22-20(8-5-15-24)17-6-3-2-4-7-17/h2-4,6-7,16,18-20,24H,5,8-15H2,1H3,(H,22,25). The van der Waals surface area contributed by atoms with Gasteiger partial charge in [0.1, 0.15) is 0 Å². The van der Waals surface area contributed by atoms with Crippen molar-refractivity contribution < 1.29 is 9.90 Å². The number of aliphatic hydroxyl groups is 1. The highest BCUT2D eigenvalue weighted by Gasteiger charge is 2.39. The van der Waals surface area contributed by atoms with Crippen LogP contribution in [-0.2, 0) is 0 Å². The summed E-state index contributed by atoms with van der Waals surface area (Å²) < 4.78 is 0. The highest BCUT2D eigenvalue weighted by Crippen LogP contribution is 2.35. The minimum Gasteiger partial charge on any atom is -0.396 e. The van der Waals surface area contributed by atoms with Crippen molar-refractivity contribution >= 4 is 6.03 Å². The number of nitrogens with one attached hydrogen (secondary N) is 1. The Kier molecular flexibility index (Phi) is 6.35. The van der Waals surface area contributed by atoms with E-state index in [9.17, 15) is 9.90 Å². The van der Waals surface area contributed by atoms with Gasteiger partial charge in [-0.2, -0.15) is 0 Å². The van der Waals surface area contributed by atoms with Crippen molar-refractivity contribution in [3.8, 4) is 0 Å². The molecule has 2 aliphatic rings. The molecule has 0 aliphatic heterocycles. The van der Waals surface area contributed by atoms with Crippen LogP contribution >= 0.6 is 0 Å². The number of urea groups is 1. The molecule has 0 saturated heterocycles. The molecule has 0 radical (unpaired) electrons. The second-order valence-corrected chi connectivity index (χ2v) is 7.83. The van der Waals surface area contributed by atoms with Crippen LogP contribution in [0.25, 0.3) is 0 Å². The van der Waals surface area contributed by atoms with Crippen LogP contribution in [-0.4, -0.2) is 34.7 Å². The van der Waals surface area contributed by atoms with Crippen LogP contribution in [0.4, 0.5) is 4.79 Å². The molecule has 25 heavy (non-hydrogen) atoms. The predicted molar refractivity (Wildman–Crippen MR) is 100 cm³/mol. The van der Waals surface area contributed by atoms with Gasteiger partial charge >= 0.3 is 6.03 Å². The largest absolute Gasteiger partial charge is 0.396 e. The second-order valence-electron chi connectivity index (χ2n) is 7.83. The molecule has 2 saturated carbocycles. The Morgan fingerprint density at radius 2 is 1.72 bits per heavy atom. The lowest BCUT2D eigenvalue weighted by Crippen LogP contribution is -2.49. The Morgan fingerprint density at radius 3 is 2.28 bits per heavy atom. The summed E-state index contributed by atoms with van der Waals surface area (Å²) >= 11 is 0. The molecule has 138 valence electrons. The average molecular weight is 344 g/mol. The molecule has 4 nitrogen and oxygen atoms in total. The van der Waals surface area contributed by atoms with E-state index in [1.165, 1.54) is 12.8 Å². The molecular weight excluding hydrogens is 312 g/mol. The van der Waals surface area contributed by atoms with Gasteiger partial charge in [-0.15, -0.1) is 0 Å². The van der Waals surface area contributed by atoms with E-state index >= 15 is 0 Å². The smallest absolute Gasteiger partial charge is 0.318 e. The highest BCUT2D eigenvalue weighted by molar-refractivity contribution is 5.76. The van der Waals surface area contributed by atoms with Crippen LogP contribution in [0.1, 0.15) is 69.9 Å². The van der Waals surface area contributed by atoms with Gasteiger partial charge < -0.3 is 15.3 Å². The van der Waals surface area contributed by atoms with Gasteiger partial charge in [-0.1, -0.05) is 37.3 Å². The van der Waals surface area contributed by atoms with Gasteiger partial charge in [0.15, 0.2) is 0 Å². The highest BCUT2D eigenvalue weighted by atomic mass is 16.3. The van der Waals surface area contributed by atoms with Crippen LogP contribution in [0.15, 0.2) is 30.3 Å². The van der Waals surface area contributed by atoms with Gasteiger partial charge in [-0.05, 0) is 62.8 Å². The second kappa shape index (κ2) is 8.70. The van der Waals surface area contributed by atoms with Crippen LogP contribution in [0, 0.1) is 5.92 Å². The minimum atomic E-state index is -0.0235. The molecule has 3 rings (SSSR count).